The van der Waals surface area contributed by atoms with Crippen molar-refractivity contribution in [3.8, 4) is 0 Å². The maximum absolute atomic E-state index is 13.3. The monoisotopic (exact) mass is 657 g/mol. The van der Waals surface area contributed by atoms with Crippen LogP contribution in [0.1, 0.15) is 22.8 Å². The highest BCUT2D eigenvalue weighted by molar-refractivity contribution is 8.00. The summed E-state index contributed by atoms with van der Waals surface area (Å²) in [5.74, 6) is -1.22. The summed E-state index contributed by atoms with van der Waals surface area (Å²) in [4.78, 5) is 39.6. The number of carbonyl (C=O) groups is 3. The summed E-state index contributed by atoms with van der Waals surface area (Å²) >= 11 is 25.6. The zero-order chi connectivity index (χ0) is 30.2. The summed E-state index contributed by atoms with van der Waals surface area (Å²) in [6, 6.07) is 25.2. The number of hydrogen-bond acceptors (Lipinski definition) is 4. The number of halogens is 4. The average molecular weight is 659 g/mol. The minimum absolute atomic E-state index is 0.0147. The van der Waals surface area contributed by atoms with Crippen molar-refractivity contribution in [1.82, 2.24) is 5.32 Å². The van der Waals surface area contributed by atoms with Gasteiger partial charge in [-0.2, -0.15) is 0 Å². The molecule has 1 unspecified atom stereocenters. The molecule has 0 saturated carbocycles. The summed E-state index contributed by atoms with van der Waals surface area (Å²) in [5.41, 5.74) is 1.90. The summed E-state index contributed by atoms with van der Waals surface area (Å²) in [6.45, 7) is 1.78. The van der Waals surface area contributed by atoms with E-state index >= 15 is 0 Å². The number of amides is 3. The molecule has 0 radical (unpaired) electrons. The highest BCUT2D eigenvalue weighted by Gasteiger charge is 2.18. The molecule has 214 valence electrons. The molecule has 3 N–H and O–H groups in total. The standard InChI is InChI=1S/C31H23Cl4N3O3S/c1-18(29(39)37-23-11-14-25(33)27(35)17-23)42-24-12-9-22(10-13-24)36-31(41)28(15-20-7-8-21(32)16-26(20)34)38-30(40)19-5-3-2-4-6-19/h2-18H,1H3,(H,36,41)(H,37,39)(H,38,40)/b28-15-. The molecule has 0 saturated heterocycles. The highest BCUT2D eigenvalue weighted by Crippen LogP contribution is 2.28. The van der Waals surface area contributed by atoms with Crippen LogP contribution in [0, 0.1) is 0 Å². The van der Waals surface area contributed by atoms with Crippen LogP contribution in [0.2, 0.25) is 20.1 Å². The minimum Gasteiger partial charge on any atom is -0.325 e. The largest absolute Gasteiger partial charge is 0.325 e. The fourth-order valence-electron chi connectivity index (χ4n) is 3.61. The van der Waals surface area contributed by atoms with E-state index in [0.29, 0.717) is 42.6 Å². The second-order valence-corrected chi connectivity index (χ2v) is 12.0. The van der Waals surface area contributed by atoms with E-state index < -0.39 is 17.1 Å². The summed E-state index contributed by atoms with van der Waals surface area (Å²) < 4.78 is 0. The third kappa shape index (κ3) is 8.77. The topological polar surface area (TPSA) is 87.3 Å². The molecule has 11 heteroatoms. The van der Waals surface area contributed by atoms with Crippen LogP contribution in [0.5, 0.6) is 0 Å². The Bertz CT molecular complexity index is 1650. The maximum atomic E-state index is 13.3. The molecule has 1 atom stereocenters. The van der Waals surface area contributed by atoms with Crippen LogP contribution in [0.4, 0.5) is 11.4 Å². The minimum atomic E-state index is -0.555. The van der Waals surface area contributed by atoms with Gasteiger partial charge in [-0.3, -0.25) is 14.4 Å². The Labute approximate surface area is 267 Å². The first kappa shape index (κ1) is 31.5. The van der Waals surface area contributed by atoms with Crippen LogP contribution in [0.25, 0.3) is 6.08 Å². The first-order valence-corrected chi connectivity index (χ1v) is 14.9. The summed E-state index contributed by atoms with van der Waals surface area (Å²) in [6.07, 6.45) is 1.48. The van der Waals surface area contributed by atoms with Gasteiger partial charge in [0, 0.05) is 31.9 Å². The molecule has 0 bridgehead atoms. The quantitative estimate of drug-likeness (QED) is 0.124. The number of benzene rings is 4. The first-order chi connectivity index (χ1) is 20.1. The van der Waals surface area contributed by atoms with Crippen LogP contribution >= 0.6 is 58.2 Å². The number of hydrogen-bond donors (Lipinski definition) is 3. The van der Waals surface area contributed by atoms with Crippen molar-refractivity contribution in [3.63, 3.8) is 0 Å². The molecule has 4 rings (SSSR count). The third-order valence-electron chi connectivity index (χ3n) is 5.77. The first-order valence-electron chi connectivity index (χ1n) is 12.5. The van der Waals surface area contributed by atoms with Crippen molar-refractivity contribution in [3.05, 3.63) is 128 Å². The number of thioether (sulfide) groups is 1. The number of rotatable bonds is 9. The number of nitrogens with one attached hydrogen (secondary N) is 3. The molecule has 0 aliphatic heterocycles. The van der Waals surface area contributed by atoms with Gasteiger partial charge >= 0.3 is 0 Å². The molecule has 3 amide bonds. The Kier molecular flexibility index (Phi) is 11.0. The van der Waals surface area contributed by atoms with Gasteiger partial charge in [-0.05, 0) is 85.3 Å². The molecule has 42 heavy (non-hydrogen) atoms. The van der Waals surface area contributed by atoms with Crippen molar-refractivity contribution in [1.29, 1.82) is 0 Å². The van der Waals surface area contributed by atoms with E-state index in [2.05, 4.69) is 16.0 Å². The van der Waals surface area contributed by atoms with Crippen LogP contribution < -0.4 is 16.0 Å². The molecule has 4 aromatic rings. The molecule has 0 spiro atoms. The third-order valence-corrected chi connectivity index (χ3v) is 8.19. The Morgan fingerprint density at radius 1 is 0.738 bits per heavy atom. The smallest absolute Gasteiger partial charge is 0.272 e. The van der Waals surface area contributed by atoms with Gasteiger partial charge in [0.25, 0.3) is 11.8 Å². The lowest BCUT2D eigenvalue weighted by Gasteiger charge is -2.14. The number of carbonyl (C=O) groups excluding carboxylic acids is 3. The number of anilines is 2. The molecule has 0 aliphatic rings. The normalized spacial score (nSPS) is 11.9. The van der Waals surface area contributed by atoms with E-state index in [1.54, 1.807) is 97.9 Å². The van der Waals surface area contributed by atoms with Gasteiger partial charge in [-0.15, -0.1) is 11.8 Å². The Morgan fingerprint density at radius 3 is 2.10 bits per heavy atom. The fraction of sp³-hybridized carbons (Fsp3) is 0.0645. The summed E-state index contributed by atoms with van der Waals surface area (Å²) in [7, 11) is 0. The van der Waals surface area contributed by atoms with E-state index in [-0.39, 0.29) is 11.6 Å². The molecular weight excluding hydrogens is 636 g/mol. The van der Waals surface area contributed by atoms with E-state index in [1.807, 2.05) is 0 Å². The van der Waals surface area contributed by atoms with Crippen LogP contribution in [-0.2, 0) is 9.59 Å². The Hall–Kier alpha value is -3.46. The van der Waals surface area contributed by atoms with Gasteiger partial charge in [-0.1, -0.05) is 70.7 Å². The molecule has 6 nitrogen and oxygen atoms in total. The van der Waals surface area contributed by atoms with E-state index in [1.165, 1.54) is 17.8 Å². The molecule has 4 aromatic carbocycles. The Morgan fingerprint density at radius 2 is 1.43 bits per heavy atom. The van der Waals surface area contributed by atoms with Crippen LogP contribution in [0.3, 0.4) is 0 Å². The van der Waals surface area contributed by atoms with Crippen molar-refractivity contribution in [2.75, 3.05) is 10.6 Å². The lowest BCUT2D eigenvalue weighted by Crippen LogP contribution is -2.30. The average Bonchev–Trinajstić information content (AvgIpc) is 2.97. The van der Waals surface area contributed by atoms with Crippen molar-refractivity contribution in [2.24, 2.45) is 0 Å². The molecule has 0 aromatic heterocycles. The SMILES string of the molecule is CC(Sc1ccc(NC(=O)/C(=C/c2ccc(Cl)cc2Cl)NC(=O)c2ccccc2)cc1)C(=O)Nc1ccc(Cl)c(Cl)c1. The van der Waals surface area contributed by atoms with Gasteiger partial charge in [0.15, 0.2) is 0 Å². The lowest BCUT2D eigenvalue weighted by molar-refractivity contribution is -0.115. The Balaban J connectivity index is 1.45. The fourth-order valence-corrected chi connectivity index (χ4v) is 5.24. The highest BCUT2D eigenvalue weighted by atomic mass is 35.5. The van der Waals surface area contributed by atoms with Crippen LogP contribution in [0.15, 0.2) is 102 Å². The summed E-state index contributed by atoms with van der Waals surface area (Å²) in [5, 5.41) is 9.37. The van der Waals surface area contributed by atoms with Crippen molar-refractivity contribution < 1.29 is 14.4 Å². The predicted molar refractivity (Wildman–Crippen MR) is 174 cm³/mol. The van der Waals surface area contributed by atoms with Gasteiger partial charge in [-0.25, -0.2) is 0 Å². The predicted octanol–water partition coefficient (Wildman–Crippen LogP) is 8.83. The van der Waals surface area contributed by atoms with E-state index in [0.717, 1.165) is 4.90 Å². The van der Waals surface area contributed by atoms with E-state index in [9.17, 15) is 14.4 Å². The van der Waals surface area contributed by atoms with Gasteiger partial charge in [0.2, 0.25) is 5.91 Å². The molecule has 0 aliphatic carbocycles. The maximum Gasteiger partial charge on any atom is 0.272 e. The molecule has 0 heterocycles. The molecular formula is C31H23Cl4N3O3S. The zero-order valence-electron chi connectivity index (χ0n) is 22.0. The van der Waals surface area contributed by atoms with E-state index in [4.69, 9.17) is 46.4 Å². The zero-order valence-corrected chi connectivity index (χ0v) is 25.8. The van der Waals surface area contributed by atoms with Crippen molar-refractivity contribution in [2.45, 2.75) is 17.1 Å². The van der Waals surface area contributed by atoms with Gasteiger partial charge in [0.1, 0.15) is 5.70 Å². The molecule has 0 fully saturated rings. The second-order valence-electron chi connectivity index (χ2n) is 8.90. The van der Waals surface area contributed by atoms with Gasteiger partial charge in [0.05, 0.1) is 15.3 Å². The van der Waals surface area contributed by atoms with Crippen molar-refractivity contribution >= 4 is 93.3 Å². The van der Waals surface area contributed by atoms with Crippen LogP contribution in [-0.4, -0.2) is 23.0 Å². The second kappa shape index (κ2) is 14.6. The lowest BCUT2D eigenvalue weighted by atomic mass is 10.1. The van der Waals surface area contributed by atoms with Gasteiger partial charge < -0.3 is 16.0 Å².